The molecule has 0 saturated carbocycles. The molecule has 21 heavy (non-hydrogen) atoms. The number of benzene rings is 1. The first kappa shape index (κ1) is 13.4. The normalized spacial score (nSPS) is 10.6. The number of methoxy groups -OCH3 is 2. The van der Waals surface area contributed by atoms with Gasteiger partial charge in [-0.2, -0.15) is 19.6 Å². The average molecular weight is 307 g/mol. The minimum absolute atomic E-state index is 0.264. The Morgan fingerprint density at radius 2 is 1.67 bits per heavy atom. The van der Waals surface area contributed by atoms with Gasteiger partial charge in [-0.1, -0.05) is 11.6 Å². The molecule has 0 spiro atoms. The second-order valence-corrected chi connectivity index (χ2v) is 4.43. The van der Waals surface area contributed by atoms with Crippen molar-refractivity contribution in [2.75, 3.05) is 14.2 Å². The van der Waals surface area contributed by atoms with Crippen LogP contribution in [0.5, 0.6) is 23.1 Å². The number of fused-ring (bicyclic) bond motifs is 1. The fourth-order valence-corrected chi connectivity index (χ4v) is 1.96. The van der Waals surface area contributed by atoms with E-state index >= 15 is 0 Å². The van der Waals surface area contributed by atoms with Gasteiger partial charge in [0.05, 0.1) is 14.2 Å². The SMILES string of the molecule is COc1cc(OC)cc(Oc2cc(Cl)nc3ncnn23)c1. The summed E-state index contributed by atoms with van der Waals surface area (Å²) in [4.78, 5) is 8.01. The summed E-state index contributed by atoms with van der Waals surface area (Å²) < 4.78 is 17.6. The van der Waals surface area contributed by atoms with Crippen LogP contribution in [0.25, 0.3) is 5.78 Å². The van der Waals surface area contributed by atoms with Crippen LogP contribution in [0, 0.1) is 0 Å². The van der Waals surface area contributed by atoms with Gasteiger partial charge in [0.1, 0.15) is 28.7 Å². The van der Waals surface area contributed by atoms with Crippen LogP contribution in [0.4, 0.5) is 0 Å². The van der Waals surface area contributed by atoms with Crippen molar-refractivity contribution in [2.45, 2.75) is 0 Å². The first-order valence-electron chi connectivity index (χ1n) is 5.97. The first-order chi connectivity index (χ1) is 10.2. The van der Waals surface area contributed by atoms with E-state index in [0.29, 0.717) is 28.9 Å². The number of rotatable bonds is 4. The Kier molecular flexibility index (Phi) is 3.49. The van der Waals surface area contributed by atoms with Crippen molar-refractivity contribution in [1.82, 2.24) is 19.6 Å². The zero-order valence-electron chi connectivity index (χ0n) is 11.3. The van der Waals surface area contributed by atoms with Crippen molar-refractivity contribution >= 4 is 17.4 Å². The van der Waals surface area contributed by atoms with Crippen LogP contribution in [0.15, 0.2) is 30.6 Å². The molecule has 0 aliphatic heterocycles. The molecule has 2 aromatic heterocycles. The summed E-state index contributed by atoms with van der Waals surface area (Å²) in [5, 5.41) is 4.30. The van der Waals surface area contributed by atoms with E-state index in [9.17, 15) is 0 Å². The molecule has 3 aromatic rings. The molecular formula is C13H11ClN4O3. The minimum atomic E-state index is 0.264. The first-order valence-corrected chi connectivity index (χ1v) is 6.34. The molecule has 3 rings (SSSR count). The summed E-state index contributed by atoms with van der Waals surface area (Å²) in [5.74, 6) is 2.48. The van der Waals surface area contributed by atoms with Gasteiger partial charge in [-0.15, -0.1) is 0 Å². The summed E-state index contributed by atoms with van der Waals surface area (Å²) in [5.41, 5.74) is 0. The lowest BCUT2D eigenvalue weighted by Crippen LogP contribution is -1.98. The van der Waals surface area contributed by atoms with Crippen LogP contribution in [0.3, 0.4) is 0 Å². The molecule has 0 fully saturated rings. The highest BCUT2D eigenvalue weighted by Crippen LogP contribution is 2.31. The van der Waals surface area contributed by atoms with Gasteiger partial charge in [-0.25, -0.2) is 0 Å². The highest BCUT2D eigenvalue weighted by Gasteiger charge is 2.10. The van der Waals surface area contributed by atoms with Crippen molar-refractivity contribution in [1.29, 1.82) is 0 Å². The molecular weight excluding hydrogens is 296 g/mol. The predicted octanol–water partition coefficient (Wildman–Crippen LogP) is 2.59. The van der Waals surface area contributed by atoms with Crippen molar-refractivity contribution in [3.8, 4) is 23.1 Å². The number of hydrogen-bond donors (Lipinski definition) is 0. The maximum atomic E-state index is 5.94. The predicted molar refractivity (Wildman–Crippen MR) is 75.4 cm³/mol. The number of aromatic nitrogens is 4. The molecule has 2 heterocycles. The van der Waals surface area contributed by atoms with E-state index < -0.39 is 0 Å². The second-order valence-electron chi connectivity index (χ2n) is 4.04. The fourth-order valence-electron chi connectivity index (χ4n) is 1.79. The van der Waals surface area contributed by atoms with Crippen molar-refractivity contribution in [3.05, 3.63) is 35.7 Å². The second kappa shape index (κ2) is 5.45. The lowest BCUT2D eigenvalue weighted by atomic mass is 10.3. The molecule has 0 amide bonds. The average Bonchev–Trinajstić information content (AvgIpc) is 2.95. The van der Waals surface area contributed by atoms with E-state index in [1.807, 2.05) is 0 Å². The zero-order valence-corrected chi connectivity index (χ0v) is 12.0. The molecule has 0 N–H and O–H groups in total. The maximum absolute atomic E-state index is 5.94. The van der Waals surface area contributed by atoms with E-state index in [-0.39, 0.29) is 5.15 Å². The molecule has 0 unspecified atom stereocenters. The van der Waals surface area contributed by atoms with Gasteiger partial charge in [0.25, 0.3) is 5.78 Å². The molecule has 0 saturated heterocycles. The molecule has 7 nitrogen and oxygen atoms in total. The van der Waals surface area contributed by atoms with Crippen LogP contribution < -0.4 is 14.2 Å². The topological polar surface area (TPSA) is 70.8 Å². The van der Waals surface area contributed by atoms with Gasteiger partial charge in [-0.3, -0.25) is 0 Å². The van der Waals surface area contributed by atoms with E-state index in [1.54, 1.807) is 38.5 Å². The molecule has 0 aliphatic rings. The third-order valence-electron chi connectivity index (χ3n) is 2.74. The van der Waals surface area contributed by atoms with Gasteiger partial charge >= 0.3 is 0 Å². The Labute approximate surface area is 125 Å². The van der Waals surface area contributed by atoms with Crippen LogP contribution in [-0.2, 0) is 0 Å². The number of halogens is 1. The summed E-state index contributed by atoms with van der Waals surface area (Å²) in [6.07, 6.45) is 1.37. The maximum Gasteiger partial charge on any atom is 0.256 e. The lowest BCUT2D eigenvalue weighted by molar-refractivity contribution is 0.383. The largest absolute Gasteiger partial charge is 0.496 e. The Balaban J connectivity index is 2.03. The highest BCUT2D eigenvalue weighted by atomic mass is 35.5. The molecule has 0 radical (unpaired) electrons. The van der Waals surface area contributed by atoms with Gasteiger partial charge in [0.15, 0.2) is 0 Å². The minimum Gasteiger partial charge on any atom is -0.496 e. The number of nitrogens with zero attached hydrogens (tertiary/aromatic N) is 4. The van der Waals surface area contributed by atoms with Crippen LogP contribution >= 0.6 is 11.6 Å². The highest BCUT2D eigenvalue weighted by molar-refractivity contribution is 6.29. The number of ether oxygens (including phenoxy) is 3. The Bertz CT molecular complexity index is 768. The quantitative estimate of drug-likeness (QED) is 0.690. The molecule has 0 bridgehead atoms. The van der Waals surface area contributed by atoms with Crippen LogP contribution in [0.1, 0.15) is 0 Å². The van der Waals surface area contributed by atoms with Crippen molar-refractivity contribution < 1.29 is 14.2 Å². The third kappa shape index (κ3) is 2.68. The van der Waals surface area contributed by atoms with Crippen molar-refractivity contribution in [2.24, 2.45) is 0 Å². The Morgan fingerprint density at radius 3 is 2.33 bits per heavy atom. The van der Waals surface area contributed by atoms with E-state index in [0.717, 1.165) is 0 Å². The van der Waals surface area contributed by atoms with Crippen LogP contribution in [0.2, 0.25) is 5.15 Å². The molecule has 1 aromatic carbocycles. The van der Waals surface area contributed by atoms with Crippen molar-refractivity contribution in [3.63, 3.8) is 0 Å². The molecule has 0 atom stereocenters. The van der Waals surface area contributed by atoms with Gasteiger partial charge in [0, 0.05) is 24.3 Å². The number of hydrogen-bond acceptors (Lipinski definition) is 6. The smallest absolute Gasteiger partial charge is 0.256 e. The monoisotopic (exact) mass is 306 g/mol. The summed E-state index contributed by atoms with van der Waals surface area (Å²) >= 11 is 5.94. The Morgan fingerprint density at radius 1 is 1.00 bits per heavy atom. The Hall–Kier alpha value is -2.54. The molecule has 0 aliphatic carbocycles. The molecule has 8 heteroatoms. The summed E-state index contributed by atoms with van der Waals surface area (Å²) in [6.45, 7) is 0. The molecule has 108 valence electrons. The van der Waals surface area contributed by atoms with Gasteiger partial charge in [-0.05, 0) is 0 Å². The standard InChI is InChI=1S/C13H11ClN4O3/c1-19-8-3-9(20-2)5-10(4-8)21-12-6-11(14)17-13-15-7-16-18(12)13/h3-7H,1-2H3. The fraction of sp³-hybridized carbons (Fsp3) is 0.154. The zero-order chi connectivity index (χ0) is 14.8. The summed E-state index contributed by atoms with van der Waals surface area (Å²) in [7, 11) is 3.13. The third-order valence-corrected chi connectivity index (χ3v) is 2.93. The van der Waals surface area contributed by atoms with Crippen LogP contribution in [-0.4, -0.2) is 33.8 Å². The van der Waals surface area contributed by atoms with Gasteiger partial charge in [0.2, 0.25) is 5.88 Å². The van der Waals surface area contributed by atoms with E-state index in [2.05, 4.69) is 15.1 Å². The summed E-state index contributed by atoms with van der Waals surface area (Å²) in [6, 6.07) is 6.74. The van der Waals surface area contributed by atoms with Gasteiger partial charge < -0.3 is 14.2 Å². The lowest BCUT2D eigenvalue weighted by Gasteiger charge is -2.10. The van der Waals surface area contributed by atoms with E-state index in [4.69, 9.17) is 25.8 Å². The van der Waals surface area contributed by atoms with E-state index in [1.165, 1.54) is 10.8 Å².